The lowest BCUT2D eigenvalue weighted by atomic mass is 10.1. The molecule has 3 aromatic rings. The van der Waals surface area contributed by atoms with Gasteiger partial charge in [-0.25, -0.2) is 9.97 Å². The number of rotatable bonds is 1. The Kier molecular flexibility index (Phi) is 2.53. The van der Waals surface area contributed by atoms with E-state index in [1.165, 1.54) is 6.20 Å². The molecule has 0 saturated heterocycles. The topological polar surface area (TPSA) is 55.7 Å². The van der Waals surface area contributed by atoms with Gasteiger partial charge in [-0.1, -0.05) is 24.3 Å². The number of hydrogen-bond acceptors (Lipinski definition) is 4. The molecule has 0 fully saturated rings. The highest BCUT2D eigenvalue weighted by atomic mass is 16.1. The SMILES string of the molecule is O=c1cnc(-c2ccccn2)c2ccccc2n1. The van der Waals surface area contributed by atoms with Crippen molar-refractivity contribution in [3.05, 3.63) is 65.2 Å². The van der Waals surface area contributed by atoms with Gasteiger partial charge in [-0.2, -0.15) is 0 Å². The predicted molar refractivity (Wildman–Crippen MR) is 69.0 cm³/mol. The van der Waals surface area contributed by atoms with Crippen molar-refractivity contribution < 1.29 is 0 Å². The van der Waals surface area contributed by atoms with Crippen LogP contribution in [0, 0.1) is 0 Å². The van der Waals surface area contributed by atoms with Crippen molar-refractivity contribution in [2.24, 2.45) is 0 Å². The van der Waals surface area contributed by atoms with Crippen LogP contribution in [0.5, 0.6) is 0 Å². The van der Waals surface area contributed by atoms with E-state index in [0.717, 1.165) is 11.1 Å². The van der Waals surface area contributed by atoms with Crippen LogP contribution in [0.25, 0.3) is 22.3 Å². The van der Waals surface area contributed by atoms with Crippen LogP contribution in [0.3, 0.4) is 0 Å². The van der Waals surface area contributed by atoms with Crippen LogP contribution in [0.1, 0.15) is 0 Å². The maximum absolute atomic E-state index is 11.5. The van der Waals surface area contributed by atoms with Gasteiger partial charge in [0.05, 0.1) is 23.1 Å². The number of pyridine rings is 1. The maximum Gasteiger partial charge on any atom is 0.288 e. The normalized spacial score (nSPS) is 10.4. The molecule has 4 nitrogen and oxygen atoms in total. The van der Waals surface area contributed by atoms with Gasteiger partial charge >= 0.3 is 0 Å². The summed E-state index contributed by atoms with van der Waals surface area (Å²) in [6.45, 7) is 0. The summed E-state index contributed by atoms with van der Waals surface area (Å²) in [6, 6.07) is 13.0. The molecule has 0 spiro atoms. The summed E-state index contributed by atoms with van der Waals surface area (Å²) in [7, 11) is 0. The summed E-state index contributed by atoms with van der Waals surface area (Å²) >= 11 is 0. The standard InChI is InChI=1S/C14H9N3O/c18-13-9-16-14(12-7-3-4-8-15-12)10-5-1-2-6-11(10)17-13/h1-9H. The fraction of sp³-hybridized carbons (Fsp3) is 0. The molecule has 4 heteroatoms. The summed E-state index contributed by atoms with van der Waals surface area (Å²) in [5.41, 5.74) is 1.67. The Labute approximate surface area is 103 Å². The molecule has 0 radical (unpaired) electrons. The molecule has 0 amide bonds. The van der Waals surface area contributed by atoms with Crippen LogP contribution in [-0.2, 0) is 0 Å². The Morgan fingerprint density at radius 2 is 1.72 bits per heavy atom. The van der Waals surface area contributed by atoms with Crippen molar-refractivity contribution >= 4 is 10.9 Å². The van der Waals surface area contributed by atoms with Gasteiger partial charge in [0.15, 0.2) is 0 Å². The first-order valence-electron chi connectivity index (χ1n) is 5.52. The minimum absolute atomic E-state index is 0.353. The fourth-order valence-corrected chi connectivity index (χ4v) is 1.82. The molecule has 0 atom stereocenters. The molecule has 0 aliphatic rings. The third kappa shape index (κ3) is 1.84. The van der Waals surface area contributed by atoms with E-state index in [0.29, 0.717) is 11.2 Å². The molecule has 18 heavy (non-hydrogen) atoms. The average molecular weight is 235 g/mol. The van der Waals surface area contributed by atoms with Crippen LogP contribution in [0.4, 0.5) is 0 Å². The number of aromatic nitrogens is 3. The monoisotopic (exact) mass is 235 g/mol. The van der Waals surface area contributed by atoms with E-state index in [1.807, 2.05) is 36.4 Å². The lowest BCUT2D eigenvalue weighted by Gasteiger charge is -1.99. The summed E-state index contributed by atoms with van der Waals surface area (Å²) in [5.74, 6) is 0. The van der Waals surface area contributed by atoms with E-state index in [1.54, 1.807) is 12.3 Å². The second-order valence-corrected chi connectivity index (χ2v) is 3.79. The first kappa shape index (κ1) is 10.5. The molecule has 3 rings (SSSR count). The van der Waals surface area contributed by atoms with Crippen LogP contribution in [0.2, 0.25) is 0 Å². The Bertz CT molecular complexity index is 757. The Morgan fingerprint density at radius 1 is 0.889 bits per heavy atom. The largest absolute Gasteiger partial charge is 0.288 e. The molecule has 86 valence electrons. The predicted octanol–water partition coefficient (Wildman–Crippen LogP) is 2.05. The van der Waals surface area contributed by atoms with E-state index >= 15 is 0 Å². The number of para-hydroxylation sites is 1. The van der Waals surface area contributed by atoms with Gasteiger partial charge in [0, 0.05) is 11.6 Å². The van der Waals surface area contributed by atoms with Crippen molar-refractivity contribution in [1.82, 2.24) is 15.0 Å². The number of hydrogen-bond donors (Lipinski definition) is 0. The van der Waals surface area contributed by atoms with E-state index in [9.17, 15) is 4.79 Å². The smallest absolute Gasteiger partial charge is 0.266 e. The second-order valence-electron chi connectivity index (χ2n) is 3.79. The molecule has 0 unspecified atom stereocenters. The molecule has 0 N–H and O–H groups in total. The van der Waals surface area contributed by atoms with Gasteiger partial charge in [0.2, 0.25) is 0 Å². The second kappa shape index (κ2) is 4.33. The van der Waals surface area contributed by atoms with Crippen molar-refractivity contribution in [2.45, 2.75) is 0 Å². The van der Waals surface area contributed by atoms with Gasteiger partial charge in [-0.15, -0.1) is 0 Å². The van der Waals surface area contributed by atoms with Gasteiger partial charge in [0.1, 0.15) is 0 Å². The summed E-state index contributed by atoms with van der Waals surface area (Å²) < 4.78 is 0. The van der Waals surface area contributed by atoms with Crippen molar-refractivity contribution in [1.29, 1.82) is 0 Å². The third-order valence-corrected chi connectivity index (χ3v) is 2.60. The van der Waals surface area contributed by atoms with Crippen molar-refractivity contribution in [2.75, 3.05) is 0 Å². The van der Waals surface area contributed by atoms with Gasteiger partial charge in [-0.3, -0.25) is 9.78 Å². The molecule has 0 saturated carbocycles. The molecule has 2 heterocycles. The zero-order chi connectivity index (χ0) is 12.4. The van der Waals surface area contributed by atoms with E-state index in [4.69, 9.17) is 0 Å². The Balaban J connectivity index is 2.44. The Morgan fingerprint density at radius 3 is 2.56 bits per heavy atom. The minimum atomic E-state index is -0.353. The summed E-state index contributed by atoms with van der Waals surface area (Å²) in [6.07, 6.45) is 2.92. The quantitative estimate of drug-likeness (QED) is 0.647. The van der Waals surface area contributed by atoms with Gasteiger partial charge < -0.3 is 0 Å². The highest BCUT2D eigenvalue weighted by Gasteiger charge is 2.05. The van der Waals surface area contributed by atoms with E-state index < -0.39 is 0 Å². The van der Waals surface area contributed by atoms with E-state index in [-0.39, 0.29) is 5.56 Å². The lowest BCUT2D eigenvalue weighted by molar-refractivity contribution is 1.24. The van der Waals surface area contributed by atoms with E-state index in [2.05, 4.69) is 15.0 Å². The molecule has 2 aromatic heterocycles. The average Bonchev–Trinajstić information content (AvgIpc) is 2.58. The van der Waals surface area contributed by atoms with Gasteiger partial charge in [0.25, 0.3) is 5.56 Å². The molecule has 0 aliphatic heterocycles. The molecular weight excluding hydrogens is 226 g/mol. The molecule has 0 bridgehead atoms. The molecule has 1 aromatic carbocycles. The van der Waals surface area contributed by atoms with Crippen LogP contribution >= 0.6 is 0 Å². The maximum atomic E-state index is 11.5. The highest BCUT2D eigenvalue weighted by molar-refractivity contribution is 5.90. The van der Waals surface area contributed by atoms with Crippen LogP contribution in [-0.4, -0.2) is 15.0 Å². The number of fused-ring (bicyclic) bond motifs is 1. The van der Waals surface area contributed by atoms with Gasteiger partial charge in [-0.05, 0) is 18.2 Å². The first-order valence-corrected chi connectivity index (χ1v) is 5.52. The Hall–Kier alpha value is -2.62. The fourth-order valence-electron chi connectivity index (χ4n) is 1.82. The minimum Gasteiger partial charge on any atom is -0.266 e. The lowest BCUT2D eigenvalue weighted by Crippen LogP contribution is -1.98. The summed E-state index contributed by atoms with van der Waals surface area (Å²) in [5, 5.41) is 0.818. The molecule has 0 aliphatic carbocycles. The highest BCUT2D eigenvalue weighted by Crippen LogP contribution is 2.21. The molecular formula is C14H9N3O. The third-order valence-electron chi connectivity index (χ3n) is 2.60. The van der Waals surface area contributed by atoms with Crippen molar-refractivity contribution in [3.63, 3.8) is 0 Å². The van der Waals surface area contributed by atoms with Crippen molar-refractivity contribution in [3.8, 4) is 11.4 Å². The summed E-state index contributed by atoms with van der Waals surface area (Å²) in [4.78, 5) is 23.9. The van der Waals surface area contributed by atoms with Crippen LogP contribution in [0.15, 0.2) is 59.7 Å². The number of benzene rings is 1. The zero-order valence-electron chi connectivity index (χ0n) is 9.45. The first-order chi connectivity index (χ1) is 8.84. The zero-order valence-corrected chi connectivity index (χ0v) is 9.45. The van der Waals surface area contributed by atoms with Crippen LogP contribution < -0.4 is 5.56 Å². The number of nitrogens with zero attached hydrogens (tertiary/aromatic N) is 3.